The number of amides is 1. The van der Waals surface area contributed by atoms with Crippen molar-refractivity contribution in [2.75, 3.05) is 23.5 Å². The summed E-state index contributed by atoms with van der Waals surface area (Å²) in [5.74, 6) is 0.365. The molecule has 2 heterocycles. The van der Waals surface area contributed by atoms with Crippen LogP contribution in [0.2, 0.25) is 0 Å². The molecule has 0 fully saturated rings. The Bertz CT molecular complexity index is 1600. The van der Waals surface area contributed by atoms with E-state index >= 15 is 0 Å². The summed E-state index contributed by atoms with van der Waals surface area (Å²) < 4.78 is 19.6. The quantitative estimate of drug-likeness (QED) is 0.324. The van der Waals surface area contributed by atoms with Gasteiger partial charge in [-0.1, -0.05) is 18.2 Å². The van der Waals surface area contributed by atoms with Crippen molar-refractivity contribution in [3.63, 3.8) is 0 Å². The minimum atomic E-state index is -0.471. The van der Waals surface area contributed by atoms with Crippen LogP contribution < -0.4 is 21.1 Å². The fourth-order valence-corrected chi connectivity index (χ4v) is 3.95. The lowest BCUT2D eigenvalue weighted by Gasteiger charge is -2.15. The zero-order valence-electron chi connectivity index (χ0n) is 19.0. The number of carbonyl (C=O) groups excluding carboxylic acids is 1. The number of nitrogens with two attached hydrogens (primary N) is 1. The lowest BCUT2D eigenvalue weighted by Crippen LogP contribution is -2.14. The molecule has 35 heavy (non-hydrogen) atoms. The maximum atomic E-state index is 14.5. The van der Waals surface area contributed by atoms with Crippen molar-refractivity contribution in [1.82, 2.24) is 15.0 Å². The molecule has 0 unspecified atom stereocenters. The van der Waals surface area contributed by atoms with E-state index in [1.807, 2.05) is 19.1 Å². The molecule has 0 saturated carbocycles. The summed E-state index contributed by atoms with van der Waals surface area (Å²) in [6, 6.07) is 15.3. The highest BCUT2D eigenvalue weighted by molar-refractivity contribution is 6.16. The minimum absolute atomic E-state index is 0.255. The number of aromatic nitrogens is 3. The minimum Gasteiger partial charge on any atom is -0.497 e. The van der Waals surface area contributed by atoms with E-state index in [-0.39, 0.29) is 11.6 Å². The number of halogens is 1. The Morgan fingerprint density at radius 3 is 2.66 bits per heavy atom. The fraction of sp³-hybridized carbons (Fsp3) is 0.0769. The number of rotatable bonds is 5. The third-order valence-electron chi connectivity index (χ3n) is 5.76. The summed E-state index contributed by atoms with van der Waals surface area (Å²) >= 11 is 0. The predicted molar refractivity (Wildman–Crippen MR) is 135 cm³/mol. The summed E-state index contributed by atoms with van der Waals surface area (Å²) in [5.41, 5.74) is 8.52. The Labute approximate surface area is 200 Å². The van der Waals surface area contributed by atoms with Crippen molar-refractivity contribution >= 4 is 50.6 Å². The van der Waals surface area contributed by atoms with Crippen LogP contribution in [-0.2, 0) is 0 Å². The summed E-state index contributed by atoms with van der Waals surface area (Å²) in [5, 5.41) is 8.12. The molecule has 5 rings (SSSR count). The molecule has 3 aromatic carbocycles. The number of ether oxygens (including phenoxy) is 1. The first-order valence-electron chi connectivity index (χ1n) is 10.8. The van der Waals surface area contributed by atoms with Crippen LogP contribution >= 0.6 is 0 Å². The molecule has 0 spiro atoms. The smallest absolute Gasteiger partial charge is 0.257 e. The van der Waals surface area contributed by atoms with Crippen LogP contribution in [0.3, 0.4) is 0 Å². The van der Waals surface area contributed by atoms with Gasteiger partial charge < -0.3 is 21.1 Å². The van der Waals surface area contributed by atoms with Crippen LogP contribution in [0.1, 0.15) is 15.9 Å². The number of nitrogens with one attached hydrogen (secondary N) is 2. The molecule has 0 saturated heterocycles. The van der Waals surface area contributed by atoms with Crippen molar-refractivity contribution in [2.45, 2.75) is 6.92 Å². The highest BCUT2D eigenvalue weighted by Gasteiger charge is 2.17. The Hall–Kier alpha value is -4.79. The average Bonchev–Trinajstić information content (AvgIpc) is 2.87. The summed E-state index contributed by atoms with van der Waals surface area (Å²) in [6.07, 6.45) is 2.94. The van der Waals surface area contributed by atoms with Gasteiger partial charge in [0.25, 0.3) is 5.91 Å². The number of fused-ring (bicyclic) bond motifs is 2. The molecule has 4 N–H and O–H groups in total. The molecule has 8 nitrogen and oxygen atoms in total. The van der Waals surface area contributed by atoms with Gasteiger partial charge in [-0.3, -0.25) is 4.79 Å². The van der Waals surface area contributed by atoms with Crippen LogP contribution in [0.4, 0.5) is 27.4 Å². The monoisotopic (exact) mass is 468 g/mol. The number of para-hydroxylation sites is 1. The van der Waals surface area contributed by atoms with Crippen molar-refractivity contribution in [3.8, 4) is 5.75 Å². The number of nitrogens with zero attached hydrogens (tertiary/aromatic N) is 3. The van der Waals surface area contributed by atoms with Gasteiger partial charge in [0, 0.05) is 28.4 Å². The summed E-state index contributed by atoms with van der Waals surface area (Å²) in [6.45, 7) is 1.90. The van der Waals surface area contributed by atoms with Gasteiger partial charge in [0.1, 0.15) is 29.5 Å². The van der Waals surface area contributed by atoms with E-state index in [1.54, 1.807) is 42.6 Å². The van der Waals surface area contributed by atoms with Gasteiger partial charge in [-0.05, 0) is 42.8 Å². The van der Waals surface area contributed by atoms with E-state index in [4.69, 9.17) is 10.5 Å². The Balaban J connectivity index is 1.54. The van der Waals surface area contributed by atoms with Crippen LogP contribution in [0.25, 0.3) is 21.7 Å². The third-order valence-corrected chi connectivity index (χ3v) is 5.76. The molecular formula is C26H21FN6O2. The number of aryl methyl sites for hydroxylation is 1. The summed E-state index contributed by atoms with van der Waals surface area (Å²) in [4.78, 5) is 26.0. The number of hydrogen-bond acceptors (Lipinski definition) is 7. The average molecular weight is 468 g/mol. The molecular weight excluding hydrogens is 447 g/mol. The van der Waals surface area contributed by atoms with Crippen LogP contribution in [0.5, 0.6) is 5.75 Å². The molecule has 0 radical (unpaired) electrons. The Kier molecular flexibility index (Phi) is 5.58. The number of methoxy groups -OCH3 is 1. The molecule has 0 aliphatic rings. The molecule has 0 aliphatic carbocycles. The van der Waals surface area contributed by atoms with Gasteiger partial charge in [0.2, 0.25) is 0 Å². The van der Waals surface area contributed by atoms with Crippen molar-refractivity contribution in [3.05, 3.63) is 84.1 Å². The number of benzene rings is 3. The van der Waals surface area contributed by atoms with E-state index in [1.165, 1.54) is 19.5 Å². The maximum absolute atomic E-state index is 14.5. The SMILES string of the molecule is COc1ccc(Nc2nccc3c(NC(=O)c4cccc5c(N)ncnc45)c(C)ccc23)c(F)c1. The van der Waals surface area contributed by atoms with Crippen LogP contribution in [0, 0.1) is 12.7 Å². The van der Waals surface area contributed by atoms with Gasteiger partial charge in [0.15, 0.2) is 0 Å². The van der Waals surface area contributed by atoms with Crippen molar-refractivity contribution < 1.29 is 13.9 Å². The second kappa shape index (κ2) is 8.86. The fourth-order valence-electron chi connectivity index (χ4n) is 3.95. The molecule has 0 atom stereocenters. The first-order chi connectivity index (χ1) is 17.0. The first-order valence-corrected chi connectivity index (χ1v) is 10.8. The number of carbonyl (C=O) groups is 1. The molecule has 0 aliphatic heterocycles. The lowest BCUT2D eigenvalue weighted by molar-refractivity contribution is 0.102. The van der Waals surface area contributed by atoms with E-state index in [0.717, 1.165) is 10.9 Å². The van der Waals surface area contributed by atoms with E-state index < -0.39 is 5.82 Å². The largest absolute Gasteiger partial charge is 0.497 e. The van der Waals surface area contributed by atoms with Gasteiger partial charge in [-0.25, -0.2) is 19.3 Å². The van der Waals surface area contributed by atoms with Crippen LogP contribution in [-0.4, -0.2) is 28.0 Å². The molecule has 5 aromatic rings. The Morgan fingerprint density at radius 2 is 1.86 bits per heavy atom. The molecule has 0 bridgehead atoms. The number of hydrogen-bond donors (Lipinski definition) is 3. The van der Waals surface area contributed by atoms with E-state index in [9.17, 15) is 9.18 Å². The third kappa shape index (κ3) is 4.04. The topological polar surface area (TPSA) is 115 Å². The zero-order chi connectivity index (χ0) is 24.5. The number of nitrogen functional groups attached to an aromatic ring is 1. The highest BCUT2D eigenvalue weighted by Crippen LogP contribution is 2.33. The predicted octanol–water partition coefficient (Wildman–Crippen LogP) is 5.21. The van der Waals surface area contributed by atoms with E-state index in [2.05, 4.69) is 25.6 Å². The second-order valence-corrected chi connectivity index (χ2v) is 7.90. The number of pyridine rings is 1. The van der Waals surface area contributed by atoms with Gasteiger partial charge in [-0.2, -0.15) is 0 Å². The van der Waals surface area contributed by atoms with Gasteiger partial charge in [-0.15, -0.1) is 0 Å². The number of anilines is 4. The van der Waals surface area contributed by atoms with E-state index in [0.29, 0.717) is 44.9 Å². The van der Waals surface area contributed by atoms with Gasteiger partial charge in [0.05, 0.1) is 29.6 Å². The summed E-state index contributed by atoms with van der Waals surface area (Å²) in [7, 11) is 1.48. The molecule has 2 aromatic heterocycles. The molecule has 9 heteroatoms. The Morgan fingerprint density at radius 1 is 1.00 bits per heavy atom. The zero-order valence-corrected chi connectivity index (χ0v) is 19.0. The highest BCUT2D eigenvalue weighted by atomic mass is 19.1. The lowest BCUT2D eigenvalue weighted by atomic mass is 10.0. The maximum Gasteiger partial charge on any atom is 0.257 e. The molecule has 1 amide bonds. The van der Waals surface area contributed by atoms with Crippen molar-refractivity contribution in [1.29, 1.82) is 0 Å². The second-order valence-electron chi connectivity index (χ2n) is 7.90. The normalized spacial score (nSPS) is 10.9. The van der Waals surface area contributed by atoms with Crippen LogP contribution in [0.15, 0.2) is 67.1 Å². The van der Waals surface area contributed by atoms with Crippen molar-refractivity contribution in [2.24, 2.45) is 0 Å². The molecule has 174 valence electrons. The standard InChI is InChI=1S/C26H21FN6O2/c1-14-6-8-17-16(10-11-29-25(17)32-21-9-7-15(35-2)12-20(21)27)22(14)33-26(34)19-5-3-4-18-23(19)30-13-31-24(18)28/h3-13H,1-2H3,(H,29,32)(H,33,34)(H2,28,30,31). The van der Waals surface area contributed by atoms with Gasteiger partial charge >= 0.3 is 0 Å². The first kappa shape index (κ1) is 22.0.